The topological polar surface area (TPSA) is 43.6 Å². The SMILES string of the molecule is CCOc1ccc(-c2nc3sc(C)c(-c4ccccc4)n3c2C=O)cc1. The van der Waals surface area contributed by atoms with E-state index in [0.29, 0.717) is 18.0 Å². The van der Waals surface area contributed by atoms with Crippen LogP contribution < -0.4 is 4.74 Å². The van der Waals surface area contributed by atoms with Gasteiger partial charge in [0.2, 0.25) is 0 Å². The average Bonchev–Trinajstić information content (AvgIpc) is 3.17. The number of thiazole rings is 1. The molecule has 2 aromatic heterocycles. The second-order valence-corrected chi connectivity index (χ2v) is 7.09. The first-order valence-electron chi connectivity index (χ1n) is 8.48. The minimum atomic E-state index is 0.576. The molecule has 0 aliphatic heterocycles. The Balaban J connectivity index is 1.90. The molecule has 26 heavy (non-hydrogen) atoms. The summed E-state index contributed by atoms with van der Waals surface area (Å²) in [7, 11) is 0. The van der Waals surface area contributed by atoms with E-state index < -0.39 is 0 Å². The Morgan fingerprint density at radius 1 is 1.08 bits per heavy atom. The highest BCUT2D eigenvalue weighted by molar-refractivity contribution is 7.17. The lowest BCUT2D eigenvalue weighted by Crippen LogP contribution is -1.95. The molecule has 0 spiro atoms. The van der Waals surface area contributed by atoms with E-state index in [1.165, 1.54) is 0 Å². The zero-order valence-corrected chi connectivity index (χ0v) is 15.4. The monoisotopic (exact) mass is 362 g/mol. The summed E-state index contributed by atoms with van der Waals surface area (Å²) in [6, 6.07) is 17.8. The fourth-order valence-corrected chi connectivity index (χ4v) is 4.16. The lowest BCUT2D eigenvalue weighted by molar-refractivity contribution is 0.111. The van der Waals surface area contributed by atoms with Crippen LogP contribution in [0.15, 0.2) is 54.6 Å². The van der Waals surface area contributed by atoms with Crippen molar-refractivity contribution in [1.29, 1.82) is 0 Å². The molecule has 0 radical (unpaired) electrons. The van der Waals surface area contributed by atoms with Crippen molar-refractivity contribution in [2.75, 3.05) is 6.61 Å². The molecule has 2 heterocycles. The Kier molecular flexibility index (Phi) is 4.31. The van der Waals surface area contributed by atoms with Gasteiger partial charge in [-0.2, -0.15) is 0 Å². The number of fused-ring (bicyclic) bond motifs is 1. The number of hydrogen-bond acceptors (Lipinski definition) is 4. The maximum absolute atomic E-state index is 12.0. The molecular formula is C21H18N2O2S. The van der Waals surface area contributed by atoms with E-state index in [2.05, 4.69) is 19.1 Å². The van der Waals surface area contributed by atoms with Crippen LogP contribution in [0, 0.1) is 6.92 Å². The van der Waals surface area contributed by atoms with Gasteiger partial charge in [0.1, 0.15) is 17.1 Å². The van der Waals surface area contributed by atoms with Gasteiger partial charge in [-0.1, -0.05) is 30.3 Å². The largest absolute Gasteiger partial charge is 0.494 e. The van der Waals surface area contributed by atoms with Gasteiger partial charge in [0.15, 0.2) is 11.2 Å². The summed E-state index contributed by atoms with van der Waals surface area (Å²) in [4.78, 5) is 18.7. The maximum atomic E-state index is 12.0. The fraction of sp³-hybridized carbons (Fsp3) is 0.143. The van der Waals surface area contributed by atoms with Crippen LogP contribution in [0.1, 0.15) is 22.3 Å². The van der Waals surface area contributed by atoms with Crippen molar-refractivity contribution in [2.24, 2.45) is 0 Å². The molecule has 4 aromatic rings. The van der Waals surface area contributed by atoms with Crippen molar-refractivity contribution in [3.8, 4) is 28.3 Å². The van der Waals surface area contributed by atoms with Crippen LogP contribution in [-0.4, -0.2) is 22.3 Å². The summed E-state index contributed by atoms with van der Waals surface area (Å²) in [5, 5.41) is 0. The number of hydrogen-bond donors (Lipinski definition) is 0. The summed E-state index contributed by atoms with van der Waals surface area (Å²) in [5.41, 5.74) is 4.29. The van der Waals surface area contributed by atoms with Gasteiger partial charge in [0, 0.05) is 10.4 Å². The minimum Gasteiger partial charge on any atom is -0.494 e. The molecule has 2 aromatic carbocycles. The summed E-state index contributed by atoms with van der Waals surface area (Å²) >= 11 is 1.60. The molecule has 4 nitrogen and oxygen atoms in total. The number of aldehydes is 1. The number of ether oxygens (including phenoxy) is 1. The lowest BCUT2D eigenvalue weighted by Gasteiger charge is -2.06. The first-order chi connectivity index (χ1) is 12.7. The Hall–Kier alpha value is -2.92. The van der Waals surface area contributed by atoms with Crippen molar-refractivity contribution in [1.82, 2.24) is 9.38 Å². The van der Waals surface area contributed by atoms with Gasteiger partial charge in [-0.3, -0.25) is 9.20 Å². The quantitative estimate of drug-likeness (QED) is 0.456. The molecule has 0 fully saturated rings. The number of imidazole rings is 1. The molecule has 0 unspecified atom stereocenters. The fourth-order valence-electron chi connectivity index (χ4n) is 3.16. The maximum Gasteiger partial charge on any atom is 0.195 e. The Morgan fingerprint density at radius 2 is 1.81 bits per heavy atom. The Morgan fingerprint density at radius 3 is 2.46 bits per heavy atom. The molecule has 5 heteroatoms. The van der Waals surface area contributed by atoms with Crippen LogP contribution in [0.25, 0.3) is 27.5 Å². The molecule has 130 valence electrons. The third kappa shape index (κ3) is 2.70. The predicted molar refractivity (Wildman–Crippen MR) is 105 cm³/mol. The van der Waals surface area contributed by atoms with Crippen molar-refractivity contribution in [3.05, 3.63) is 65.2 Å². The molecule has 0 atom stereocenters. The zero-order valence-electron chi connectivity index (χ0n) is 14.6. The molecule has 4 rings (SSSR count). The lowest BCUT2D eigenvalue weighted by atomic mass is 10.1. The van der Waals surface area contributed by atoms with E-state index in [-0.39, 0.29) is 0 Å². The molecule has 0 aliphatic rings. The normalized spacial score (nSPS) is 11.0. The van der Waals surface area contributed by atoms with Crippen molar-refractivity contribution in [3.63, 3.8) is 0 Å². The van der Waals surface area contributed by atoms with Crippen LogP contribution in [-0.2, 0) is 0 Å². The molecule has 0 amide bonds. The smallest absolute Gasteiger partial charge is 0.195 e. The second kappa shape index (κ2) is 6.77. The summed E-state index contributed by atoms with van der Waals surface area (Å²) in [5.74, 6) is 0.811. The van der Waals surface area contributed by atoms with Crippen molar-refractivity contribution in [2.45, 2.75) is 13.8 Å². The van der Waals surface area contributed by atoms with Gasteiger partial charge in [-0.15, -0.1) is 11.3 Å². The van der Waals surface area contributed by atoms with Crippen LogP contribution in [0.5, 0.6) is 5.75 Å². The highest BCUT2D eigenvalue weighted by atomic mass is 32.1. The van der Waals surface area contributed by atoms with Gasteiger partial charge >= 0.3 is 0 Å². The van der Waals surface area contributed by atoms with Gasteiger partial charge in [-0.25, -0.2) is 4.98 Å². The number of carbonyl (C=O) groups is 1. The van der Waals surface area contributed by atoms with Crippen molar-refractivity contribution < 1.29 is 9.53 Å². The molecule has 0 aliphatic carbocycles. The predicted octanol–water partition coefficient (Wildman–Crippen LogP) is 5.25. The van der Waals surface area contributed by atoms with Crippen LogP contribution in [0.3, 0.4) is 0 Å². The van der Waals surface area contributed by atoms with E-state index in [1.807, 2.05) is 53.8 Å². The number of rotatable bonds is 5. The molecular weight excluding hydrogens is 344 g/mol. The molecule has 0 N–H and O–H groups in total. The number of benzene rings is 2. The average molecular weight is 362 g/mol. The van der Waals surface area contributed by atoms with Gasteiger partial charge in [-0.05, 0) is 43.7 Å². The number of aromatic nitrogens is 2. The van der Waals surface area contributed by atoms with Gasteiger partial charge < -0.3 is 4.74 Å². The third-order valence-corrected chi connectivity index (χ3v) is 5.24. The number of aryl methyl sites for hydroxylation is 1. The molecule has 0 saturated heterocycles. The second-order valence-electron chi connectivity index (χ2n) is 5.91. The van der Waals surface area contributed by atoms with Crippen LogP contribution >= 0.6 is 11.3 Å². The first kappa shape index (κ1) is 16.5. The van der Waals surface area contributed by atoms with E-state index in [0.717, 1.165) is 38.7 Å². The van der Waals surface area contributed by atoms with Gasteiger partial charge in [0.25, 0.3) is 0 Å². The minimum absolute atomic E-state index is 0.576. The number of nitrogens with zero attached hydrogens (tertiary/aromatic N) is 2. The standard InChI is InChI=1S/C21H18N2O2S/c1-3-25-17-11-9-15(10-12-17)19-18(13-24)23-20(14(2)26-21(23)22-19)16-7-5-4-6-8-16/h4-13H,3H2,1-2H3. The zero-order chi connectivity index (χ0) is 18.1. The summed E-state index contributed by atoms with van der Waals surface area (Å²) in [6.45, 7) is 4.64. The van der Waals surface area contributed by atoms with E-state index in [9.17, 15) is 4.79 Å². The number of carbonyl (C=O) groups excluding carboxylic acids is 1. The van der Waals surface area contributed by atoms with Gasteiger partial charge in [0.05, 0.1) is 12.3 Å². The third-order valence-electron chi connectivity index (χ3n) is 4.28. The summed E-state index contributed by atoms with van der Waals surface area (Å²) < 4.78 is 7.46. The highest BCUT2D eigenvalue weighted by Crippen LogP contribution is 2.35. The summed E-state index contributed by atoms with van der Waals surface area (Å²) in [6.07, 6.45) is 0.893. The Bertz CT molecular complexity index is 1060. The Labute approximate surface area is 155 Å². The highest BCUT2D eigenvalue weighted by Gasteiger charge is 2.20. The van der Waals surface area contributed by atoms with Crippen LogP contribution in [0.4, 0.5) is 0 Å². The van der Waals surface area contributed by atoms with Crippen LogP contribution in [0.2, 0.25) is 0 Å². The van der Waals surface area contributed by atoms with E-state index in [1.54, 1.807) is 11.3 Å². The van der Waals surface area contributed by atoms with E-state index >= 15 is 0 Å². The molecule has 0 bridgehead atoms. The van der Waals surface area contributed by atoms with Crippen molar-refractivity contribution >= 4 is 22.6 Å². The first-order valence-corrected chi connectivity index (χ1v) is 9.30. The van der Waals surface area contributed by atoms with E-state index in [4.69, 9.17) is 9.72 Å². The molecule has 0 saturated carbocycles.